The van der Waals surface area contributed by atoms with E-state index in [1.54, 1.807) is 5.57 Å². The normalized spacial score (nSPS) is 22.1. The second kappa shape index (κ2) is 3.99. The zero-order valence-corrected chi connectivity index (χ0v) is 11.5. The minimum absolute atomic E-state index is 0.798. The maximum Gasteiger partial charge on any atom is 0.0994 e. The van der Waals surface area contributed by atoms with Crippen molar-refractivity contribution in [1.82, 2.24) is 0 Å². The smallest absolute Gasteiger partial charge is 0.0994 e. The van der Waals surface area contributed by atoms with Crippen molar-refractivity contribution >= 4 is 21.5 Å². The van der Waals surface area contributed by atoms with Crippen LogP contribution in [0, 0.1) is 17.2 Å². The molecule has 0 bridgehead atoms. The lowest BCUT2D eigenvalue weighted by Crippen LogP contribution is -2.04. The summed E-state index contributed by atoms with van der Waals surface area (Å²) in [5.74, 6) is 0.798. The molecule has 0 N–H and O–H groups in total. The molecule has 1 aromatic carbocycles. The van der Waals surface area contributed by atoms with E-state index < -0.39 is 0 Å². The van der Waals surface area contributed by atoms with Gasteiger partial charge in [-0.15, -0.1) is 0 Å². The molecule has 0 radical (unpaired) electrons. The Labute approximate surface area is 110 Å². The number of halogens is 1. The van der Waals surface area contributed by atoms with Crippen molar-refractivity contribution in [2.75, 3.05) is 0 Å². The molecule has 2 heteroatoms. The maximum atomic E-state index is 9.19. The summed E-state index contributed by atoms with van der Waals surface area (Å²) in [5, 5.41) is 9.19. The van der Waals surface area contributed by atoms with Crippen LogP contribution in [0.5, 0.6) is 0 Å². The number of rotatable bonds is 0. The molecule has 2 aliphatic carbocycles. The number of allylic oxidation sites excluding steroid dienone is 2. The fourth-order valence-electron chi connectivity index (χ4n) is 3.14. The molecule has 1 nitrogen and oxygen atoms in total. The van der Waals surface area contributed by atoms with Crippen LogP contribution in [0.2, 0.25) is 0 Å². The summed E-state index contributed by atoms with van der Waals surface area (Å²) < 4.78 is 1.16. The predicted octanol–water partition coefficient (Wildman–Crippen LogP) is 4.45. The summed E-state index contributed by atoms with van der Waals surface area (Å²) in [6.07, 6.45) is 4.66. The van der Waals surface area contributed by atoms with Gasteiger partial charge in [0.05, 0.1) is 11.6 Å². The van der Waals surface area contributed by atoms with Crippen molar-refractivity contribution in [3.05, 3.63) is 38.9 Å². The Balaban J connectivity index is 2.16. The molecular formula is C15H14BrN. The minimum atomic E-state index is 0.798. The highest BCUT2D eigenvalue weighted by atomic mass is 79.9. The molecule has 0 saturated heterocycles. The van der Waals surface area contributed by atoms with E-state index in [4.69, 9.17) is 0 Å². The predicted molar refractivity (Wildman–Crippen MR) is 72.5 cm³/mol. The van der Waals surface area contributed by atoms with Crippen molar-refractivity contribution in [2.45, 2.75) is 32.6 Å². The average Bonchev–Trinajstić information content (AvgIpc) is 2.68. The van der Waals surface area contributed by atoms with Crippen LogP contribution in [0.1, 0.15) is 42.9 Å². The molecule has 86 valence electrons. The largest absolute Gasteiger partial charge is 0.192 e. The topological polar surface area (TPSA) is 23.8 Å². The number of nitriles is 1. The van der Waals surface area contributed by atoms with Crippen molar-refractivity contribution in [1.29, 1.82) is 5.26 Å². The van der Waals surface area contributed by atoms with Gasteiger partial charge in [-0.2, -0.15) is 5.26 Å². The van der Waals surface area contributed by atoms with Gasteiger partial charge in [0.1, 0.15) is 0 Å². The van der Waals surface area contributed by atoms with Gasteiger partial charge in [0.2, 0.25) is 0 Å². The van der Waals surface area contributed by atoms with Gasteiger partial charge < -0.3 is 0 Å². The van der Waals surface area contributed by atoms with Crippen LogP contribution in [0.3, 0.4) is 0 Å². The molecule has 3 rings (SSSR count). The summed E-state index contributed by atoms with van der Waals surface area (Å²) in [7, 11) is 0. The standard InChI is InChI=1S/C15H14BrN/c1-9-2-4-12-11(6-9)7-13-10(8-17)3-5-14(16)15(12)13/h3,5,9H,2,4,6-7H2,1H3. The monoisotopic (exact) mass is 287 g/mol. The summed E-state index contributed by atoms with van der Waals surface area (Å²) in [5.41, 5.74) is 6.52. The first kappa shape index (κ1) is 11.0. The fraction of sp³-hybridized carbons (Fsp3) is 0.400. The molecule has 0 saturated carbocycles. The molecule has 0 aliphatic heterocycles. The molecule has 2 aliphatic rings. The molecular weight excluding hydrogens is 274 g/mol. The minimum Gasteiger partial charge on any atom is -0.192 e. The Bertz CT molecular complexity index is 563. The van der Waals surface area contributed by atoms with Crippen LogP contribution in [-0.4, -0.2) is 0 Å². The lowest BCUT2D eigenvalue weighted by molar-refractivity contribution is 0.515. The zero-order valence-electron chi connectivity index (χ0n) is 9.89. The lowest BCUT2D eigenvalue weighted by atomic mass is 9.85. The van der Waals surface area contributed by atoms with Gasteiger partial charge in [-0.05, 0) is 60.4 Å². The van der Waals surface area contributed by atoms with Crippen LogP contribution in [0.4, 0.5) is 0 Å². The number of hydrogen-bond donors (Lipinski definition) is 0. The molecule has 0 fully saturated rings. The SMILES string of the molecule is CC1CCC2=C(Cc3c(C#N)ccc(Br)c32)C1. The van der Waals surface area contributed by atoms with Crippen LogP contribution >= 0.6 is 15.9 Å². The van der Waals surface area contributed by atoms with Crippen molar-refractivity contribution < 1.29 is 0 Å². The third kappa shape index (κ3) is 1.65. The highest BCUT2D eigenvalue weighted by molar-refractivity contribution is 9.10. The van der Waals surface area contributed by atoms with E-state index in [-0.39, 0.29) is 0 Å². The van der Waals surface area contributed by atoms with E-state index in [9.17, 15) is 5.26 Å². The first-order chi connectivity index (χ1) is 8.20. The molecule has 1 aromatic rings. The Morgan fingerprint density at radius 3 is 3.00 bits per heavy atom. The summed E-state index contributed by atoms with van der Waals surface area (Å²) in [4.78, 5) is 0. The number of benzene rings is 1. The second-order valence-electron chi connectivity index (χ2n) is 5.17. The van der Waals surface area contributed by atoms with Gasteiger partial charge in [-0.1, -0.05) is 28.4 Å². The lowest BCUT2D eigenvalue weighted by Gasteiger charge is -2.20. The van der Waals surface area contributed by atoms with E-state index in [2.05, 4.69) is 28.9 Å². The molecule has 0 amide bonds. The van der Waals surface area contributed by atoms with E-state index >= 15 is 0 Å². The molecule has 0 spiro atoms. The van der Waals surface area contributed by atoms with Gasteiger partial charge in [0.25, 0.3) is 0 Å². The third-order valence-corrected chi connectivity index (χ3v) is 4.64. The third-order valence-electron chi connectivity index (χ3n) is 3.98. The highest BCUT2D eigenvalue weighted by Crippen LogP contribution is 2.46. The maximum absolute atomic E-state index is 9.19. The van der Waals surface area contributed by atoms with E-state index in [0.717, 1.165) is 22.4 Å². The molecule has 1 unspecified atom stereocenters. The van der Waals surface area contributed by atoms with Gasteiger partial charge >= 0.3 is 0 Å². The molecule has 0 heterocycles. The molecule has 0 aromatic heterocycles. The zero-order chi connectivity index (χ0) is 12.0. The number of fused-ring (bicyclic) bond motifs is 2. The highest BCUT2D eigenvalue weighted by Gasteiger charge is 2.29. The molecule has 17 heavy (non-hydrogen) atoms. The van der Waals surface area contributed by atoms with E-state index in [1.807, 2.05) is 12.1 Å². The average molecular weight is 288 g/mol. The van der Waals surface area contributed by atoms with Crippen molar-refractivity contribution in [3.8, 4) is 6.07 Å². The van der Waals surface area contributed by atoms with Crippen LogP contribution < -0.4 is 0 Å². The number of nitrogens with zero attached hydrogens (tertiary/aromatic N) is 1. The summed E-state index contributed by atoms with van der Waals surface area (Å²) in [6, 6.07) is 6.28. The summed E-state index contributed by atoms with van der Waals surface area (Å²) >= 11 is 3.64. The van der Waals surface area contributed by atoms with E-state index in [1.165, 1.54) is 36.0 Å². The fourth-order valence-corrected chi connectivity index (χ4v) is 3.75. The first-order valence-electron chi connectivity index (χ1n) is 6.13. The summed E-state index contributed by atoms with van der Waals surface area (Å²) in [6.45, 7) is 2.33. The van der Waals surface area contributed by atoms with Crippen LogP contribution in [0.25, 0.3) is 5.57 Å². The van der Waals surface area contributed by atoms with Gasteiger partial charge in [0, 0.05) is 4.47 Å². The first-order valence-corrected chi connectivity index (χ1v) is 6.92. The van der Waals surface area contributed by atoms with Gasteiger partial charge in [-0.3, -0.25) is 0 Å². The quantitative estimate of drug-likeness (QED) is 0.692. The van der Waals surface area contributed by atoms with Gasteiger partial charge in [-0.25, -0.2) is 0 Å². The Kier molecular flexibility index (Phi) is 2.60. The Hall–Kier alpha value is -1.07. The Morgan fingerprint density at radius 2 is 2.24 bits per heavy atom. The second-order valence-corrected chi connectivity index (χ2v) is 6.02. The van der Waals surface area contributed by atoms with Gasteiger partial charge in [0.15, 0.2) is 0 Å². The van der Waals surface area contributed by atoms with Crippen molar-refractivity contribution in [3.63, 3.8) is 0 Å². The number of hydrogen-bond acceptors (Lipinski definition) is 1. The Morgan fingerprint density at radius 1 is 1.41 bits per heavy atom. The van der Waals surface area contributed by atoms with Crippen molar-refractivity contribution in [2.24, 2.45) is 5.92 Å². The molecule has 1 atom stereocenters. The van der Waals surface area contributed by atoms with Crippen LogP contribution in [0.15, 0.2) is 22.2 Å². The van der Waals surface area contributed by atoms with E-state index in [0.29, 0.717) is 0 Å². The van der Waals surface area contributed by atoms with Crippen LogP contribution in [-0.2, 0) is 6.42 Å².